The summed E-state index contributed by atoms with van der Waals surface area (Å²) in [7, 11) is 0. The van der Waals surface area contributed by atoms with Crippen LogP contribution in [0.1, 0.15) is 23.8 Å². The zero-order valence-corrected chi connectivity index (χ0v) is 12.7. The number of nitrogens with one attached hydrogen (secondary N) is 2. The number of pyridine rings is 1. The Morgan fingerprint density at radius 2 is 2.22 bits per heavy atom. The van der Waals surface area contributed by atoms with Crippen molar-refractivity contribution in [3.8, 4) is 5.75 Å². The van der Waals surface area contributed by atoms with Gasteiger partial charge in [0.2, 0.25) is 5.91 Å². The van der Waals surface area contributed by atoms with E-state index in [1.807, 2.05) is 0 Å². The highest BCUT2D eigenvalue weighted by Gasteiger charge is 2.21. The lowest BCUT2D eigenvalue weighted by atomic mass is 10.2. The number of hydrogen-bond acceptors (Lipinski definition) is 6. The maximum absolute atomic E-state index is 11.8. The van der Waals surface area contributed by atoms with Crippen molar-refractivity contribution >= 4 is 17.8 Å². The third-order valence-corrected chi connectivity index (χ3v) is 2.72. The van der Waals surface area contributed by atoms with Crippen molar-refractivity contribution in [3.05, 3.63) is 36.7 Å². The second-order valence-corrected chi connectivity index (χ2v) is 4.45. The standard InChI is InChI=1S/C15H19N3O5/c1-3-6-10(15(22)23-4-2)18-12(20)9-17-14(21)13-11(19)7-5-8-16-13/h3,5,7-8,10,19H,1,4,6,9H2,2H3,(H,17,21)(H,18,20). The molecule has 0 saturated heterocycles. The van der Waals surface area contributed by atoms with Gasteiger partial charge in [0.15, 0.2) is 5.69 Å². The Balaban J connectivity index is 2.55. The van der Waals surface area contributed by atoms with Crippen LogP contribution in [-0.2, 0) is 14.3 Å². The maximum Gasteiger partial charge on any atom is 0.328 e. The van der Waals surface area contributed by atoms with Crippen LogP contribution in [0.3, 0.4) is 0 Å². The molecular formula is C15H19N3O5. The van der Waals surface area contributed by atoms with E-state index in [1.165, 1.54) is 24.4 Å². The lowest BCUT2D eigenvalue weighted by Gasteiger charge is -2.15. The number of carbonyl (C=O) groups excluding carboxylic acids is 3. The van der Waals surface area contributed by atoms with E-state index in [0.29, 0.717) is 0 Å². The number of ether oxygens (including phenoxy) is 1. The molecular weight excluding hydrogens is 302 g/mol. The van der Waals surface area contributed by atoms with Crippen LogP contribution in [-0.4, -0.2) is 47.1 Å². The van der Waals surface area contributed by atoms with E-state index in [2.05, 4.69) is 22.2 Å². The summed E-state index contributed by atoms with van der Waals surface area (Å²) in [5.74, 6) is -2.14. The zero-order valence-electron chi connectivity index (χ0n) is 12.7. The van der Waals surface area contributed by atoms with Crippen LogP contribution in [0.4, 0.5) is 0 Å². The molecule has 8 nitrogen and oxygen atoms in total. The predicted molar refractivity (Wildman–Crippen MR) is 81.6 cm³/mol. The fourth-order valence-corrected chi connectivity index (χ4v) is 1.68. The molecule has 2 amide bonds. The van der Waals surface area contributed by atoms with Gasteiger partial charge >= 0.3 is 5.97 Å². The molecule has 1 aromatic rings. The third-order valence-electron chi connectivity index (χ3n) is 2.72. The minimum Gasteiger partial charge on any atom is -0.505 e. The number of esters is 1. The van der Waals surface area contributed by atoms with Gasteiger partial charge in [-0.05, 0) is 25.5 Å². The fraction of sp³-hybridized carbons (Fsp3) is 0.333. The summed E-state index contributed by atoms with van der Waals surface area (Å²) in [4.78, 5) is 39.0. The zero-order chi connectivity index (χ0) is 17.2. The maximum atomic E-state index is 11.8. The summed E-state index contributed by atoms with van der Waals surface area (Å²) in [5.41, 5.74) is -0.187. The van der Waals surface area contributed by atoms with Gasteiger partial charge in [-0.1, -0.05) is 6.08 Å². The minimum atomic E-state index is -0.861. The first-order valence-electron chi connectivity index (χ1n) is 6.98. The van der Waals surface area contributed by atoms with E-state index in [-0.39, 0.29) is 31.0 Å². The molecule has 0 aliphatic rings. The van der Waals surface area contributed by atoms with Crippen LogP contribution in [0.2, 0.25) is 0 Å². The number of carbonyl (C=O) groups is 3. The SMILES string of the molecule is C=CCC(NC(=O)CNC(=O)c1ncccc1O)C(=O)OCC. The van der Waals surface area contributed by atoms with Gasteiger partial charge in [-0.25, -0.2) is 9.78 Å². The van der Waals surface area contributed by atoms with Crippen LogP contribution >= 0.6 is 0 Å². The second kappa shape index (κ2) is 9.19. The molecule has 1 heterocycles. The lowest BCUT2D eigenvalue weighted by molar-refractivity contribution is -0.147. The quantitative estimate of drug-likeness (QED) is 0.463. The number of hydrogen-bond donors (Lipinski definition) is 3. The van der Waals surface area contributed by atoms with Crippen molar-refractivity contribution in [1.29, 1.82) is 0 Å². The van der Waals surface area contributed by atoms with E-state index in [1.54, 1.807) is 6.92 Å². The van der Waals surface area contributed by atoms with Crippen LogP contribution in [0.5, 0.6) is 5.75 Å². The van der Waals surface area contributed by atoms with Gasteiger partial charge in [-0.15, -0.1) is 6.58 Å². The Morgan fingerprint density at radius 1 is 1.48 bits per heavy atom. The summed E-state index contributed by atoms with van der Waals surface area (Å²) in [6.45, 7) is 4.99. The van der Waals surface area contributed by atoms with E-state index in [0.717, 1.165) is 0 Å². The van der Waals surface area contributed by atoms with Gasteiger partial charge in [-0.3, -0.25) is 9.59 Å². The van der Waals surface area contributed by atoms with Crippen molar-refractivity contribution < 1.29 is 24.2 Å². The Labute approximate surface area is 133 Å². The first kappa shape index (κ1) is 18.1. The summed E-state index contributed by atoms with van der Waals surface area (Å²) >= 11 is 0. The second-order valence-electron chi connectivity index (χ2n) is 4.45. The molecule has 0 fully saturated rings. The molecule has 1 atom stereocenters. The number of rotatable bonds is 8. The molecule has 23 heavy (non-hydrogen) atoms. The van der Waals surface area contributed by atoms with Gasteiger partial charge in [0, 0.05) is 6.20 Å². The number of amides is 2. The number of aromatic hydroxyl groups is 1. The highest BCUT2D eigenvalue weighted by atomic mass is 16.5. The molecule has 124 valence electrons. The monoisotopic (exact) mass is 321 g/mol. The predicted octanol–water partition coefficient (Wildman–Crippen LogP) is 0.141. The summed E-state index contributed by atoms with van der Waals surface area (Å²) in [6.07, 6.45) is 3.03. The topological polar surface area (TPSA) is 118 Å². The molecule has 0 bridgehead atoms. The van der Waals surface area contributed by atoms with Crippen LogP contribution in [0.15, 0.2) is 31.0 Å². The van der Waals surface area contributed by atoms with Crippen molar-refractivity contribution in [1.82, 2.24) is 15.6 Å². The van der Waals surface area contributed by atoms with E-state index in [4.69, 9.17) is 4.74 Å². The van der Waals surface area contributed by atoms with Gasteiger partial charge in [0.05, 0.1) is 13.2 Å². The summed E-state index contributed by atoms with van der Waals surface area (Å²) in [6, 6.07) is 1.92. The Kier molecular flexibility index (Phi) is 7.25. The van der Waals surface area contributed by atoms with Gasteiger partial charge in [0.1, 0.15) is 11.8 Å². The molecule has 8 heteroatoms. The van der Waals surface area contributed by atoms with Crippen molar-refractivity contribution in [3.63, 3.8) is 0 Å². The van der Waals surface area contributed by atoms with Gasteiger partial charge < -0.3 is 20.5 Å². The van der Waals surface area contributed by atoms with Crippen LogP contribution in [0, 0.1) is 0 Å². The van der Waals surface area contributed by atoms with E-state index < -0.39 is 23.8 Å². The van der Waals surface area contributed by atoms with Crippen molar-refractivity contribution in [2.75, 3.05) is 13.2 Å². The third kappa shape index (κ3) is 5.77. The average Bonchev–Trinajstić information content (AvgIpc) is 2.53. The molecule has 1 rings (SSSR count). The molecule has 1 aromatic heterocycles. The minimum absolute atomic E-state index is 0.187. The molecule has 0 aromatic carbocycles. The summed E-state index contributed by atoms with van der Waals surface area (Å²) in [5, 5.41) is 14.2. The van der Waals surface area contributed by atoms with E-state index in [9.17, 15) is 19.5 Å². The Morgan fingerprint density at radius 3 is 2.83 bits per heavy atom. The molecule has 0 aliphatic heterocycles. The molecule has 0 aliphatic carbocycles. The Bertz CT molecular complexity index is 588. The van der Waals surface area contributed by atoms with Crippen LogP contribution in [0.25, 0.3) is 0 Å². The van der Waals surface area contributed by atoms with Crippen molar-refractivity contribution in [2.45, 2.75) is 19.4 Å². The lowest BCUT2D eigenvalue weighted by Crippen LogP contribution is -2.46. The van der Waals surface area contributed by atoms with Gasteiger partial charge in [-0.2, -0.15) is 0 Å². The first-order valence-corrected chi connectivity index (χ1v) is 6.98. The Hall–Kier alpha value is -2.90. The smallest absolute Gasteiger partial charge is 0.328 e. The number of nitrogens with zero attached hydrogens (tertiary/aromatic N) is 1. The first-order chi connectivity index (χ1) is 11.0. The molecule has 3 N–H and O–H groups in total. The summed E-state index contributed by atoms with van der Waals surface area (Å²) < 4.78 is 4.84. The molecule has 1 unspecified atom stereocenters. The highest BCUT2D eigenvalue weighted by molar-refractivity contribution is 5.97. The molecule has 0 saturated carbocycles. The normalized spacial score (nSPS) is 11.2. The average molecular weight is 321 g/mol. The largest absolute Gasteiger partial charge is 0.505 e. The highest BCUT2D eigenvalue weighted by Crippen LogP contribution is 2.11. The molecule has 0 radical (unpaired) electrons. The van der Waals surface area contributed by atoms with Crippen molar-refractivity contribution in [2.24, 2.45) is 0 Å². The van der Waals surface area contributed by atoms with E-state index >= 15 is 0 Å². The number of aromatic nitrogens is 1. The fourth-order valence-electron chi connectivity index (χ4n) is 1.68. The van der Waals surface area contributed by atoms with Crippen LogP contribution < -0.4 is 10.6 Å². The van der Waals surface area contributed by atoms with Gasteiger partial charge in [0.25, 0.3) is 5.91 Å². The molecule has 0 spiro atoms.